The van der Waals surface area contributed by atoms with Crippen molar-refractivity contribution in [3.05, 3.63) is 84.9 Å². The normalized spacial score (nSPS) is 18.3. The maximum Gasteiger partial charge on any atom is 0.182 e. The monoisotopic (exact) mass is 519 g/mol. The van der Waals surface area contributed by atoms with Crippen LogP contribution in [0.5, 0.6) is 5.75 Å². The molecule has 7 rings (SSSR count). The first kappa shape index (κ1) is 23.9. The molecule has 5 aromatic rings. The number of piperazine rings is 1. The van der Waals surface area contributed by atoms with Crippen molar-refractivity contribution in [2.75, 3.05) is 49.1 Å². The average Bonchev–Trinajstić information content (AvgIpc) is 3.66. The number of fused-ring (bicyclic) bond motifs is 2. The van der Waals surface area contributed by atoms with Crippen molar-refractivity contribution in [2.24, 2.45) is 0 Å². The van der Waals surface area contributed by atoms with Crippen molar-refractivity contribution in [1.82, 2.24) is 24.8 Å². The van der Waals surface area contributed by atoms with Gasteiger partial charge in [-0.2, -0.15) is 0 Å². The number of H-pyrrole nitrogens is 1. The number of benzene rings is 3. The molecule has 4 heterocycles. The summed E-state index contributed by atoms with van der Waals surface area (Å²) in [5.41, 5.74) is 4.24. The summed E-state index contributed by atoms with van der Waals surface area (Å²) in [5, 5.41) is 2.38. The maximum atomic E-state index is 6.54. The zero-order valence-corrected chi connectivity index (χ0v) is 22.0. The molecule has 8 nitrogen and oxygen atoms in total. The Morgan fingerprint density at radius 3 is 2.67 bits per heavy atom. The number of hydrogen-bond donors (Lipinski definition) is 1. The molecule has 0 saturated carbocycles. The highest BCUT2D eigenvalue weighted by atomic mass is 16.5. The van der Waals surface area contributed by atoms with Gasteiger partial charge < -0.3 is 19.5 Å². The second kappa shape index (κ2) is 10.5. The van der Waals surface area contributed by atoms with Gasteiger partial charge in [-0.3, -0.25) is 4.90 Å². The molecule has 0 spiro atoms. The Kier molecular flexibility index (Phi) is 6.46. The lowest BCUT2D eigenvalue weighted by atomic mass is 10.1. The highest BCUT2D eigenvalue weighted by molar-refractivity contribution is 5.91. The molecule has 39 heavy (non-hydrogen) atoms. The Hall–Kier alpha value is -4.17. The molecule has 2 aliphatic rings. The van der Waals surface area contributed by atoms with E-state index in [9.17, 15) is 0 Å². The second-order valence-corrected chi connectivity index (χ2v) is 10.5. The van der Waals surface area contributed by atoms with E-state index >= 15 is 0 Å². The summed E-state index contributed by atoms with van der Waals surface area (Å²) >= 11 is 0. The number of hydrogen-bond acceptors (Lipinski definition) is 7. The lowest BCUT2D eigenvalue weighted by molar-refractivity contribution is 0.250. The first-order valence-electron chi connectivity index (χ1n) is 13.9. The van der Waals surface area contributed by atoms with Crippen LogP contribution in [0.3, 0.4) is 0 Å². The molecule has 0 radical (unpaired) electrons. The van der Waals surface area contributed by atoms with Crippen LogP contribution in [0.2, 0.25) is 0 Å². The van der Waals surface area contributed by atoms with Crippen molar-refractivity contribution in [2.45, 2.75) is 25.4 Å². The van der Waals surface area contributed by atoms with Crippen LogP contribution in [0.1, 0.15) is 18.4 Å². The number of nitrogens with one attached hydrogen (secondary N) is 1. The number of ether oxygens (including phenoxy) is 1. The fourth-order valence-electron chi connectivity index (χ4n) is 6.00. The van der Waals surface area contributed by atoms with Gasteiger partial charge in [0.05, 0.1) is 12.4 Å². The van der Waals surface area contributed by atoms with E-state index in [-0.39, 0.29) is 6.04 Å². The van der Waals surface area contributed by atoms with Gasteiger partial charge in [-0.1, -0.05) is 48.5 Å². The number of imidazole rings is 1. The molecular formula is C31H33N7O. The summed E-state index contributed by atoms with van der Waals surface area (Å²) in [6.45, 7) is 6.77. The van der Waals surface area contributed by atoms with Crippen LogP contribution in [0.25, 0.3) is 21.9 Å². The third-order valence-corrected chi connectivity index (χ3v) is 8.10. The molecule has 0 unspecified atom stereocenters. The quantitative estimate of drug-likeness (QED) is 0.329. The molecule has 1 N–H and O–H groups in total. The van der Waals surface area contributed by atoms with E-state index in [1.807, 2.05) is 0 Å². The molecule has 2 fully saturated rings. The van der Waals surface area contributed by atoms with Gasteiger partial charge in [0.25, 0.3) is 0 Å². The van der Waals surface area contributed by atoms with Crippen molar-refractivity contribution < 1.29 is 4.74 Å². The number of nitrogens with zero attached hydrogens (tertiary/aromatic N) is 6. The predicted octanol–water partition coefficient (Wildman–Crippen LogP) is 4.88. The smallest absolute Gasteiger partial charge is 0.182 e. The summed E-state index contributed by atoms with van der Waals surface area (Å²) < 4.78 is 6.54. The third kappa shape index (κ3) is 4.88. The highest BCUT2D eigenvalue weighted by Gasteiger charge is 2.28. The van der Waals surface area contributed by atoms with E-state index in [2.05, 4.69) is 101 Å². The summed E-state index contributed by atoms with van der Waals surface area (Å²) in [5.74, 6) is 1.86. The fourth-order valence-corrected chi connectivity index (χ4v) is 6.00. The van der Waals surface area contributed by atoms with Crippen LogP contribution < -0.4 is 14.5 Å². The summed E-state index contributed by atoms with van der Waals surface area (Å²) in [7, 11) is 0. The first-order chi connectivity index (χ1) is 19.3. The molecule has 8 heteroatoms. The first-order valence-corrected chi connectivity index (χ1v) is 13.9. The summed E-state index contributed by atoms with van der Waals surface area (Å²) in [6.07, 6.45) is 5.47. The Labute approximate surface area is 228 Å². The number of anilines is 2. The van der Waals surface area contributed by atoms with Gasteiger partial charge in [0.1, 0.15) is 24.2 Å². The van der Waals surface area contributed by atoms with Gasteiger partial charge in [0.2, 0.25) is 0 Å². The van der Waals surface area contributed by atoms with Crippen LogP contribution in [-0.4, -0.2) is 70.2 Å². The Balaban J connectivity index is 1.05. The molecule has 3 aromatic carbocycles. The number of rotatable bonds is 7. The van der Waals surface area contributed by atoms with Crippen molar-refractivity contribution >= 4 is 33.4 Å². The van der Waals surface area contributed by atoms with Crippen LogP contribution in [-0.2, 0) is 6.54 Å². The lowest BCUT2D eigenvalue weighted by Crippen LogP contribution is -2.45. The van der Waals surface area contributed by atoms with Crippen molar-refractivity contribution in [1.29, 1.82) is 0 Å². The van der Waals surface area contributed by atoms with Gasteiger partial charge >= 0.3 is 0 Å². The van der Waals surface area contributed by atoms with Gasteiger partial charge in [0, 0.05) is 50.3 Å². The van der Waals surface area contributed by atoms with Crippen molar-refractivity contribution in [3.8, 4) is 5.75 Å². The van der Waals surface area contributed by atoms with Gasteiger partial charge in [-0.15, -0.1) is 0 Å². The van der Waals surface area contributed by atoms with E-state index in [1.54, 1.807) is 12.7 Å². The number of aromatic amines is 1. The van der Waals surface area contributed by atoms with E-state index in [0.717, 1.165) is 69.2 Å². The Morgan fingerprint density at radius 2 is 1.77 bits per heavy atom. The second-order valence-electron chi connectivity index (χ2n) is 10.5. The molecule has 2 saturated heterocycles. The fraction of sp³-hybridized carbons (Fsp3) is 0.323. The maximum absolute atomic E-state index is 6.54. The average molecular weight is 520 g/mol. The molecule has 198 valence electrons. The molecule has 1 atom stereocenters. The summed E-state index contributed by atoms with van der Waals surface area (Å²) in [4.78, 5) is 23.8. The Bertz CT molecular complexity index is 1560. The largest absolute Gasteiger partial charge is 0.491 e. The van der Waals surface area contributed by atoms with Gasteiger partial charge in [-0.25, -0.2) is 15.0 Å². The lowest BCUT2D eigenvalue weighted by Gasteiger charge is -2.36. The topological polar surface area (TPSA) is 73.4 Å². The minimum absolute atomic E-state index is 0.252. The van der Waals surface area contributed by atoms with Crippen LogP contribution in [0, 0.1) is 0 Å². The molecular weight excluding hydrogens is 486 g/mol. The zero-order valence-electron chi connectivity index (χ0n) is 22.0. The molecule has 2 aromatic heterocycles. The SMILES string of the molecule is c1ccc(CN2CCN(c3ccc4cccc(OC[C@H]5CCCN5c5ncnc6nc[nH]c56)c4c3)CC2)cc1. The van der Waals surface area contributed by atoms with E-state index < -0.39 is 0 Å². The van der Waals surface area contributed by atoms with Crippen LogP contribution >= 0.6 is 0 Å². The zero-order chi connectivity index (χ0) is 26.0. The van der Waals surface area contributed by atoms with E-state index in [0.29, 0.717) is 12.3 Å². The predicted molar refractivity (Wildman–Crippen MR) is 155 cm³/mol. The van der Waals surface area contributed by atoms with E-state index in [4.69, 9.17) is 4.74 Å². The third-order valence-electron chi connectivity index (χ3n) is 8.10. The summed E-state index contributed by atoms with van der Waals surface area (Å²) in [6, 6.07) is 24.2. The highest BCUT2D eigenvalue weighted by Crippen LogP contribution is 2.32. The molecule has 2 aliphatic heterocycles. The molecule has 0 aliphatic carbocycles. The van der Waals surface area contributed by atoms with Crippen LogP contribution in [0.15, 0.2) is 79.4 Å². The van der Waals surface area contributed by atoms with Crippen LogP contribution in [0.4, 0.5) is 11.5 Å². The Morgan fingerprint density at radius 1 is 0.872 bits per heavy atom. The van der Waals surface area contributed by atoms with Crippen molar-refractivity contribution in [3.63, 3.8) is 0 Å². The van der Waals surface area contributed by atoms with E-state index in [1.165, 1.54) is 22.0 Å². The number of aromatic nitrogens is 4. The molecule has 0 bridgehead atoms. The standard InChI is InChI=1S/C31H33N7O/c1-2-6-23(7-3-1)19-36-14-16-37(17-15-36)25-12-11-24-8-4-10-28(27(24)18-25)39-20-26-9-5-13-38(26)31-29-30(33-21-32-29)34-22-35-31/h1-4,6-8,10-12,18,21-22,26H,5,9,13-17,19-20H2,(H,32,33,34,35)/t26-/m1/s1. The van der Waals surface area contributed by atoms with Gasteiger partial charge in [0.15, 0.2) is 11.5 Å². The minimum atomic E-state index is 0.252. The van der Waals surface area contributed by atoms with Gasteiger partial charge in [-0.05, 0) is 42.0 Å². The molecule has 0 amide bonds. The minimum Gasteiger partial charge on any atom is -0.491 e.